The van der Waals surface area contributed by atoms with Crippen LogP contribution in [-0.2, 0) is 6.61 Å². The Labute approximate surface area is 121 Å². The maximum absolute atomic E-state index is 5.81. The number of nitrogens with zero attached hydrogens (tertiary/aromatic N) is 1. The fourth-order valence-corrected chi connectivity index (χ4v) is 2.71. The van der Waals surface area contributed by atoms with E-state index in [9.17, 15) is 0 Å². The molecule has 0 amide bonds. The van der Waals surface area contributed by atoms with Crippen molar-refractivity contribution >= 4 is 26.7 Å². The summed E-state index contributed by atoms with van der Waals surface area (Å²) in [6.07, 6.45) is 0. The fraction of sp³-hybridized carbons (Fsp3) is 0.133. The number of benzene rings is 2. The molecule has 0 fully saturated rings. The van der Waals surface area contributed by atoms with Gasteiger partial charge in [0.1, 0.15) is 12.4 Å². The van der Waals surface area contributed by atoms with Gasteiger partial charge in [0, 0.05) is 0 Å². The van der Waals surface area contributed by atoms with Gasteiger partial charge >= 0.3 is 0 Å². The lowest BCUT2D eigenvalue weighted by Gasteiger charge is -2.06. The Morgan fingerprint density at radius 2 is 2.00 bits per heavy atom. The number of nitrogens with two attached hydrogens (primary N) is 1. The Hall–Kier alpha value is -2.11. The maximum atomic E-state index is 5.81. The van der Waals surface area contributed by atoms with Crippen LogP contribution in [0.4, 0.5) is 5.13 Å². The predicted octanol–water partition coefficient (Wildman–Crippen LogP) is 3.47. The molecule has 3 aromatic rings. The second kappa shape index (κ2) is 5.48. The summed E-state index contributed by atoms with van der Waals surface area (Å²) in [7, 11) is 0. The Morgan fingerprint density at radius 1 is 1.20 bits per heavy atom. The van der Waals surface area contributed by atoms with Gasteiger partial charge in [-0.3, -0.25) is 5.43 Å². The third-order valence-electron chi connectivity index (χ3n) is 3.01. The summed E-state index contributed by atoms with van der Waals surface area (Å²) >= 11 is 1.51. The SMILES string of the molecule is Cc1ccc(COc2ccc3nc(NN)sc3c2)cc1. The van der Waals surface area contributed by atoms with E-state index in [1.54, 1.807) is 0 Å². The number of aryl methyl sites for hydroxylation is 1. The highest BCUT2D eigenvalue weighted by molar-refractivity contribution is 7.22. The van der Waals surface area contributed by atoms with Crippen molar-refractivity contribution in [1.82, 2.24) is 4.98 Å². The van der Waals surface area contributed by atoms with Crippen molar-refractivity contribution in [2.45, 2.75) is 13.5 Å². The molecule has 0 saturated heterocycles. The first-order chi connectivity index (χ1) is 9.74. The minimum Gasteiger partial charge on any atom is -0.489 e. The van der Waals surface area contributed by atoms with Gasteiger partial charge in [-0.1, -0.05) is 41.2 Å². The Bertz CT molecular complexity index is 722. The van der Waals surface area contributed by atoms with Crippen molar-refractivity contribution in [3.8, 4) is 5.75 Å². The molecule has 4 nitrogen and oxygen atoms in total. The summed E-state index contributed by atoms with van der Waals surface area (Å²) in [4.78, 5) is 4.33. The van der Waals surface area contributed by atoms with Crippen LogP contribution in [0.1, 0.15) is 11.1 Å². The fourth-order valence-electron chi connectivity index (χ4n) is 1.91. The number of nitrogens with one attached hydrogen (secondary N) is 1. The zero-order valence-corrected chi connectivity index (χ0v) is 11.9. The zero-order chi connectivity index (χ0) is 13.9. The van der Waals surface area contributed by atoms with E-state index in [-0.39, 0.29) is 0 Å². The molecule has 5 heteroatoms. The van der Waals surface area contributed by atoms with E-state index in [4.69, 9.17) is 10.6 Å². The number of hydrogen-bond donors (Lipinski definition) is 2. The standard InChI is InChI=1S/C15H15N3OS/c1-10-2-4-11(5-3-10)9-19-12-6-7-13-14(8-12)20-15(17-13)18-16/h2-8H,9,16H2,1H3,(H,17,18). The molecule has 0 aliphatic carbocycles. The number of rotatable bonds is 4. The normalized spacial score (nSPS) is 10.7. The average Bonchev–Trinajstić information content (AvgIpc) is 2.89. The molecule has 0 radical (unpaired) electrons. The number of fused-ring (bicyclic) bond motifs is 1. The van der Waals surface area contributed by atoms with E-state index in [1.807, 2.05) is 18.2 Å². The van der Waals surface area contributed by atoms with Crippen molar-refractivity contribution in [1.29, 1.82) is 0 Å². The third kappa shape index (κ3) is 2.74. The molecule has 0 aliphatic heterocycles. The lowest BCUT2D eigenvalue weighted by molar-refractivity contribution is 0.306. The smallest absolute Gasteiger partial charge is 0.198 e. The van der Waals surface area contributed by atoms with Gasteiger partial charge in [0.2, 0.25) is 0 Å². The predicted molar refractivity (Wildman–Crippen MR) is 82.9 cm³/mol. The number of anilines is 1. The summed E-state index contributed by atoms with van der Waals surface area (Å²) in [5, 5.41) is 0.704. The van der Waals surface area contributed by atoms with Gasteiger partial charge in [-0.2, -0.15) is 0 Å². The molecule has 2 aromatic carbocycles. The van der Waals surface area contributed by atoms with Crippen molar-refractivity contribution in [3.63, 3.8) is 0 Å². The van der Waals surface area contributed by atoms with Crippen LogP contribution in [0.15, 0.2) is 42.5 Å². The molecule has 0 saturated carbocycles. The maximum Gasteiger partial charge on any atom is 0.198 e. The molecule has 102 valence electrons. The second-order valence-electron chi connectivity index (χ2n) is 4.57. The molecule has 0 atom stereocenters. The first-order valence-electron chi connectivity index (χ1n) is 6.30. The number of hydrogen-bond acceptors (Lipinski definition) is 5. The van der Waals surface area contributed by atoms with Crippen LogP contribution < -0.4 is 16.0 Å². The number of nitrogen functional groups attached to an aromatic ring is 1. The second-order valence-corrected chi connectivity index (χ2v) is 5.60. The van der Waals surface area contributed by atoms with Crippen LogP contribution in [0.5, 0.6) is 5.75 Å². The van der Waals surface area contributed by atoms with Gasteiger partial charge in [-0.25, -0.2) is 10.8 Å². The molecule has 1 aromatic heterocycles. The first kappa shape index (κ1) is 12.9. The molecule has 1 heterocycles. The van der Waals surface area contributed by atoms with E-state index in [1.165, 1.54) is 16.9 Å². The third-order valence-corrected chi connectivity index (χ3v) is 3.96. The first-order valence-corrected chi connectivity index (χ1v) is 7.12. The van der Waals surface area contributed by atoms with Crippen LogP contribution in [0.2, 0.25) is 0 Å². The Morgan fingerprint density at radius 3 is 2.75 bits per heavy atom. The van der Waals surface area contributed by atoms with Gasteiger partial charge in [0.25, 0.3) is 0 Å². The molecule has 3 N–H and O–H groups in total. The van der Waals surface area contributed by atoms with Crippen LogP contribution in [0.25, 0.3) is 10.2 Å². The highest BCUT2D eigenvalue weighted by Gasteiger charge is 2.04. The van der Waals surface area contributed by atoms with Crippen molar-refractivity contribution in [2.24, 2.45) is 5.84 Å². The minimum atomic E-state index is 0.562. The molecular weight excluding hydrogens is 270 g/mol. The monoisotopic (exact) mass is 285 g/mol. The molecule has 0 bridgehead atoms. The summed E-state index contributed by atoms with van der Waals surface area (Å²) in [5.41, 5.74) is 5.90. The molecule has 3 rings (SSSR count). The molecular formula is C15H15N3OS. The number of hydrazine groups is 1. The Kier molecular flexibility index (Phi) is 3.54. The van der Waals surface area contributed by atoms with E-state index < -0.39 is 0 Å². The summed E-state index contributed by atoms with van der Waals surface area (Å²) < 4.78 is 6.87. The molecule has 0 aliphatic rings. The summed E-state index contributed by atoms with van der Waals surface area (Å²) in [6.45, 7) is 2.64. The van der Waals surface area contributed by atoms with Crippen LogP contribution in [-0.4, -0.2) is 4.98 Å². The van der Waals surface area contributed by atoms with Crippen LogP contribution in [0.3, 0.4) is 0 Å². The lowest BCUT2D eigenvalue weighted by atomic mass is 10.2. The van der Waals surface area contributed by atoms with Crippen molar-refractivity contribution in [3.05, 3.63) is 53.6 Å². The van der Waals surface area contributed by atoms with E-state index in [0.717, 1.165) is 21.5 Å². The lowest BCUT2D eigenvalue weighted by Crippen LogP contribution is -2.05. The molecule has 20 heavy (non-hydrogen) atoms. The van der Waals surface area contributed by atoms with Gasteiger partial charge in [-0.15, -0.1) is 0 Å². The van der Waals surface area contributed by atoms with Gasteiger partial charge in [0.05, 0.1) is 10.2 Å². The average molecular weight is 285 g/mol. The quantitative estimate of drug-likeness (QED) is 0.569. The molecule has 0 spiro atoms. The summed E-state index contributed by atoms with van der Waals surface area (Å²) in [6, 6.07) is 14.2. The number of thiazole rings is 1. The van der Waals surface area contributed by atoms with Gasteiger partial charge in [-0.05, 0) is 30.7 Å². The molecule has 0 unspecified atom stereocenters. The van der Waals surface area contributed by atoms with Gasteiger partial charge in [0.15, 0.2) is 5.13 Å². The van der Waals surface area contributed by atoms with E-state index in [2.05, 4.69) is 41.6 Å². The number of aromatic nitrogens is 1. The number of ether oxygens (including phenoxy) is 1. The van der Waals surface area contributed by atoms with E-state index >= 15 is 0 Å². The Balaban J connectivity index is 1.75. The van der Waals surface area contributed by atoms with Crippen molar-refractivity contribution < 1.29 is 4.74 Å². The largest absolute Gasteiger partial charge is 0.489 e. The van der Waals surface area contributed by atoms with Crippen LogP contribution >= 0.6 is 11.3 Å². The summed E-state index contributed by atoms with van der Waals surface area (Å²) in [5.74, 6) is 6.20. The van der Waals surface area contributed by atoms with Crippen LogP contribution in [0, 0.1) is 6.92 Å². The topological polar surface area (TPSA) is 60.2 Å². The van der Waals surface area contributed by atoms with Crippen molar-refractivity contribution in [2.75, 3.05) is 5.43 Å². The highest BCUT2D eigenvalue weighted by atomic mass is 32.1. The zero-order valence-electron chi connectivity index (χ0n) is 11.1. The highest BCUT2D eigenvalue weighted by Crippen LogP contribution is 2.28. The van der Waals surface area contributed by atoms with E-state index in [0.29, 0.717) is 11.7 Å². The minimum absolute atomic E-state index is 0.562. The van der Waals surface area contributed by atoms with Gasteiger partial charge < -0.3 is 4.74 Å².